The van der Waals surface area contributed by atoms with Gasteiger partial charge in [-0.2, -0.15) is 0 Å². The second-order valence-electron chi connectivity index (χ2n) is 8.87. The molecule has 1 aromatic carbocycles. The second kappa shape index (κ2) is 10.9. The monoisotopic (exact) mass is 501 g/mol. The molecular weight excluding hydrogens is 470 g/mol. The first-order chi connectivity index (χ1) is 15.3. The first-order valence-corrected chi connectivity index (χ1v) is 12.0. The van der Waals surface area contributed by atoms with E-state index in [9.17, 15) is 9.59 Å². The van der Waals surface area contributed by atoms with E-state index >= 15 is 0 Å². The molecule has 7 nitrogen and oxygen atoms in total. The third-order valence-electron chi connectivity index (χ3n) is 5.95. The zero-order valence-electron chi connectivity index (χ0n) is 18.8. The van der Waals surface area contributed by atoms with E-state index in [0.29, 0.717) is 12.8 Å². The highest BCUT2D eigenvalue weighted by molar-refractivity contribution is 9.10. The van der Waals surface area contributed by atoms with E-state index in [-0.39, 0.29) is 17.9 Å². The Hall–Kier alpha value is -2.48. The van der Waals surface area contributed by atoms with Crippen LogP contribution in [0.4, 0.5) is 0 Å². The Kier molecular flexibility index (Phi) is 8.23. The quantitative estimate of drug-likeness (QED) is 0.497. The van der Waals surface area contributed by atoms with Gasteiger partial charge in [0, 0.05) is 16.6 Å². The Morgan fingerprint density at radius 2 is 2.09 bits per heavy atom. The highest BCUT2D eigenvalue weighted by Crippen LogP contribution is 2.31. The lowest BCUT2D eigenvalue weighted by molar-refractivity contribution is -0.134. The summed E-state index contributed by atoms with van der Waals surface area (Å²) >= 11 is 3.52. The summed E-state index contributed by atoms with van der Waals surface area (Å²) in [5, 5.41) is 12.1. The van der Waals surface area contributed by atoms with Gasteiger partial charge in [-0.25, -0.2) is 0 Å². The number of carbonyl (C=O) groups is 2. The Morgan fingerprint density at radius 1 is 1.31 bits per heavy atom. The lowest BCUT2D eigenvalue weighted by atomic mass is 9.82. The van der Waals surface area contributed by atoms with Crippen molar-refractivity contribution >= 4 is 27.7 Å². The summed E-state index contributed by atoms with van der Waals surface area (Å²) in [4.78, 5) is 25.5. The van der Waals surface area contributed by atoms with E-state index in [1.807, 2.05) is 38.1 Å². The maximum Gasteiger partial charge on any atom is 0.224 e. The van der Waals surface area contributed by atoms with Gasteiger partial charge in [-0.3, -0.25) is 9.59 Å². The number of carbonyl (C=O) groups excluding carboxylic acids is 2. The number of allylic oxidation sites excluding steroid dienone is 1. The highest BCUT2D eigenvalue weighted by Gasteiger charge is 2.34. The molecule has 3 atom stereocenters. The van der Waals surface area contributed by atoms with Crippen LogP contribution in [-0.2, 0) is 16.1 Å². The molecule has 1 aliphatic rings. The number of halogens is 1. The third-order valence-corrected chi connectivity index (χ3v) is 6.44. The van der Waals surface area contributed by atoms with Crippen molar-refractivity contribution in [1.82, 2.24) is 20.1 Å². The number of hydrogen-bond donors (Lipinski definition) is 2. The van der Waals surface area contributed by atoms with Crippen LogP contribution in [-0.4, -0.2) is 26.6 Å². The fourth-order valence-corrected chi connectivity index (χ4v) is 4.82. The molecule has 0 saturated heterocycles. The number of fused-ring (bicyclic) bond motifs is 1. The summed E-state index contributed by atoms with van der Waals surface area (Å²) in [6.07, 6.45) is 5.34. The molecule has 0 saturated carbocycles. The summed E-state index contributed by atoms with van der Waals surface area (Å²) in [5.41, 5.74) is 6.63. The maximum absolute atomic E-state index is 13.4. The van der Waals surface area contributed by atoms with E-state index in [0.717, 1.165) is 47.5 Å². The first-order valence-electron chi connectivity index (χ1n) is 11.2. The summed E-state index contributed by atoms with van der Waals surface area (Å²) in [5.74, 6) is 0.0987. The lowest BCUT2D eigenvalue weighted by Gasteiger charge is -2.27. The predicted molar refractivity (Wildman–Crippen MR) is 128 cm³/mol. The van der Waals surface area contributed by atoms with Crippen LogP contribution in [0, 0.1) is 17.8 Å². The molecule has 0 fully saturated rings. The molecule has 172 valence electrons. The summed E-state index contributed by atoms with van der Waals surface area (Å²) in [7, 11) is 0. The van der Waals surface area contributed by atoms with Crippen molar-refractivity contribution < 1.29 is 9.59 Å². The van der Waals surface area contributed by atoms with Crippen LogP contribution < -0.4 is 11.1 Å². The number of nitrogens with one attached hydrogen (secondary N) is 1. The van der Waals surface area contributed by atoms with E-state index in [4.69, 9.17) is 5.73 Å². The van der Waals surface area contributed by atoms with Gasteiger partial charge in [-0.15, -0.1) is 16.8 Å². The summed E-state index contributed by atoms with van der Waals surface area (Å²) in [6, 6.07) is 7.70. The maximum atomic E-state index is 13.4. The molecule has 0 aliphatic carbocycles. The van der Waals surface area contributed by atoms with Gasteiger partial charge in [0.2, 0.25) is 11.8 Å². The molecular formula is C24H32BrN5O2. The average Bonchev–Trinajstić information content (AvgIpc) is 3.06. The van der Waals surface area contributed by atoms with Gasteiger partial charge in [0.15, 0.2) is 11.6 Å². The van der Waals surface area contributed by atoms with E-state index in [1.165, 1.54) is 0 Å². The van der Waals surface area contributed by atoms with Crippen molar-refractivity contribution in [1.29, 1.82) is 0 Å². The number of nitrogens with two attached hydrogens (primary N) is 1. The molecule has 0 bridgehead atoms. The molecule has 2 aromatic rings. The molecule has 8 heteroatoms. The normalized spacial score (nSPS) is 17.8. The van der Waals surface area contributed by atoms with Crippen LogP contribution in [0.15, 0.2) is 41.4 Å². The predicted octanol–water partition coefficient (Wildman–Crippen LogP) is 4.39. The van der Waals surface area contributed by atoms with Crippen LogP contribution in [0.3, 0.4) is 0 Å². The number of primary amides is 1. The van der Waals surface area contributed by atoms with E-state index < -0.39 is 17.7 Å². The number of benzene rings is 1. The minimum atomic E-state index is -0.573. The van der Waals surface area contributed by atoms with Gasteiger partial charge >= 0.3 is 0 Å². The lowest BCUT2D eigenvalue weighted by Crippen LogP contribution is -2.42. The zero-order valence-corrected chi connectivity index (χ0v) is 20.3. The van der Waals surface area contributed by atoms with E-state index in [2.05, 4.69) is 42.6 Å². The Labute approximate surface area is 198 Å². The Bertz CT molecular complexity index is 971. The van der Waals surface area contributed by atoms with Gasteiger partial charge in [0.25, 0.3) is 0 Å². The largest absolute Gasteiger partial charge is 0.369 e. The fourth-order valence-electron chi connectivity index (χ4n) is 4.42. The minimum Gasteiger partial charge on any atom is -0.369 e. The number of amides is 2. The molecule has 2 heterocycles. The highest BCUT2D eigenvalue weighted by atomic mass is 79.9. The number of rotatable bonds is 9. The average molecular weight is 502 g/mol. The third kappa shape index (κ3) is 5.65. The Balaban J connectivity index is 1.89. The molecule has 32 heavy (non-hydrogen) atoms. The molecule has 2 amide bonds. The fraction of sp³-hybridized carbons (Fsp3) is 0.500. The summed E-state index contributed by atoms with van der Waals surface area (Å²) < 4.78 is 3.08. The van der Waals surface area contributed by atoms with Crippen LogP contribution in [0.5, 0.6) is 0 Å². The van der Waals surface area contributed by atoms with Crippen molar-refractivity contribution in [2.45, 2.75) is 58.5 Å². The van der Waals surface area contributed by atoms with Gasteiger partial charge < -0.3 is 15.6 Å². The number of nitrogens with zero attached hydrogens (tertiary/aromatic N) is 3. The van der Waals surface area contributed by atoms with Gasteiger partial charge in [0.1, 0.15) is 0 Å². The van der Waals surface area contributed by atoms with Crippen molar-refractivity contribution in [2.75, 3.05) is 0 Å². The molecule has 1 aliphatic heterocycles. The SMILES string of the molecule is C=CC[C@H](C(N)=O)[C@@H](CC(C)C)C(=O)N[C@H]1CCCCn2c(-c3cccc(Br)c3)nnc21. The molecule has 0 spiro atoms. The van der Waals surface area contributed by atoms with Crippen molar-refractivity contribution in [3.05, 3.63) is 47.2 Å². The first kappa shape index (κ1) is 24.2. The van der Waals surface area contributed by atoms with Gasteiger partial charge in [0.05, 0.1) is 17.9 Å². The van der Waals surface area contributed by atoms with Crippen molar-refractivity contribution in [3.8, 4) is 11.4 Å². The zero-order chi connectivity index (χ0) is 23.3. The summed E-state index contributed by atoms with van der Waals surface area (Å²) in [6.45, 7) is 8.61. The molecule has 3 rings (SSSR count). The van der Waals surface area contributed by atoms with Gasteiger partial charge in [-0.05, 0) is 50.2 Å². The van der Waals surface area contributed by atoms with Crippen LogP contribution in [0.2, 0.25) is 0 Å². The van der Waals surface area contributed by atoms with Crippen LogP contribution >= 0.6 is 15.9 Å². The van der Waals surface area contributed by atoms with Crippen LogP contribution in [0.25, 0.3) is 11.4 Å². The molecule has 1 aromatic heterocycles. The van der Waals surface area contributed by atoms with Crippen molar-refractivity contribution in [3.63, 3.8) is 0 Å². The smallest absolute Gasteiger partial charge is 0.224 e. The second-order valence-corrected chi connectivity index (χ2v) is 9.79. The molecule has 0 unspecified atom stereocenters. The number of hydrogen-bond acceptors (Lipinski definition) is 4. The topological polar surface area (TPSA) is 103 Å². The van der Waals surface area contributed by atoms with Crippen LogP contribution in [0.1, 0.15) is 57.8 Å². The minimum absolute atomic E-state index is 0.158. The van der Waals surface area contributed by atoms with E-state index in [1.54, 1.807) is 6.08 Å². The Morgan fingerprint density at radius 3 is 2.75 bits per heavy atom. The molecule has 3 N–H and O–H groups in total. The van der Waals surface area contributed by atoms with Crippen molar-refractivity contribution in [2.24, 2.45) is 23.5 Å². The standard InChI is InChI=1S/C24H32BrN5O2/c1-4-8-18(21(26)31)19(13-15(2)3)24(32)27-20-11-5-6-12-30-22(28-29-23(20)30)16-9-7-10-17(25)14-16/h4,7,9-10,14-15,18-20H,1,5-6,8,11-13H2,2-3H3,(H2,26,31)(H,27,32)/t18-,19+,20-/m0/s1. The molecule has 0 radical (unpaired) electrons. The number of aromatic nitrogens is 3. The van der Waals surface area contributed by atoms with Gasteiger partial charge in [-0.1, -0.05) is 48.0 Å².